The fourth-order valence-corrected chi connectivity index (χ4v) is 4.97. The van der Waals surface area contributed by atoms with Crippen LogP contribution in [0.1, 0.15) is 64.9 Å². The molecular formula is C25H27O6-. The van der Waals surface area contributed by atoms with Gasteiger partial charge >= 0.3 is 0 Å². The summed E-state index contributed by atoms with van der Waals surface area (Å²) in [5.74, 6) is -0.496. The molecule has 31 heavy (non-hydrogen) atoms. The molecule has 0 fully saturated rings. The van der Waals surface area contributed by atoms with E-state index >= 15 is 0 Å². The number of ketones is 2. The van der Waals surface area contributed by atoms with Gasteiger partial charge in [-0.25, -0.2) is 0 Å². The van der Waals surface area contributed by atoms with Crippen molar-refractivity contribution in [3.05, 3.63) is 52.5 Å². The van der Waals surface area contributed by atoms with Crippen LogP contribution < -0.4 is 9.84 Å². The zero-order valence-corrected chi connectivity index (χ0v) is 18.4. The highest BCUT2D eigenvalue weighted by molar-refractivity contribution is 6.06. The van der Waals surface area contributed by atoms with Gasteiger partial charge in [0.05, 0.1) is 11.9 Å². The van der Waals surface area contributed by atoms with E-state index in [9.17, 15) is 19.5 Å². The number of ether oxygens (including phenoxy) is 2. The van der Waals surface area contributed by atoms with Crippen LogP contribution in [0.3, 0.4) is 0 Å². The standard InChI is InChI=1S/C25H28O6/c1-24(2)9-15(26)22-18(11-24)31-19-12-25(3,4)10-16(27)23(19)21(22)14-7-5-6-8-17(14)30-13-20(28)29/h5-8,21H,9-13H2,1-4H3,(H,28,29)/p-1. The summed E-state index contributed by atoms with van der Waals surface area (Å²) in [5.41, 5.74) is 1.12. The first-order valence-electron chi connectivity index (χ1n) is 10.6. The van der Waals surface area contributed by atoms with Crippen molar-refractivity contribution in [2.75, 3.05) is 6.61 Å². The van der Waals surface area contributed by atoms with E-state index in [0.717, 1.165) is 0 Å². The number of aliphatic carboxylic acids is 1. The number of para-hydroxylation sites is 1. The molecule has 0 N–H and O–H groups in total. The Morgan fingerprint density at radius 3 is 2.00 bits per heavy atom. The van der Waals surface area contributed by atoms with Crippen LogP contribution in [0.4, 0.5) is 0 Å². The van der Waals surface area contributed by atoms with Crippen molar-refractivity contribution in [3.63, 3.8) is 0 Å². The summed E-state index contributed by atoms with van der Waals surface area (Å²) < 4.78 is 11.8. The molecule has 3 aliphatic rings. The number of Topliss-reactive ketones (excluding diaryl/α,β-unsaturated/α-hetero) is 2. The highest BCUT2D eigenvalue weighted by Crippen LogP contribution is 2.54. The van der Waals surface area contributed by atoms with E-state index < -0.39 is 18.5 Å². The number of hydrogen-bond donors (Lipinski definition) is 0. The van der Waals surface area contributed by atoms with E-state index in [1.54, 1.807) is 24.3 Å². The van der Waals surface area contributed by atoms with Gasteiger partial charge < -0.3 is 19.4 Å². The van der Waals surface area contributed by atoms with Crippen LogP contribution in [0, 0.1) is 10.8 Å². The summed E-state index contributed by atoms with van der Waals surface area (Å²) in [6, 6.07) is 6.97. The highest BCUT2D eigenvalue weighted by atomic mass is 16.5. The van der Waals surface area contributed by atoms with Crippen LogP contribution in [-0.2, 0) is 19.1 Å². The lowest BCUT2D eigenvalue weighted by molar-refractivity contribution is -0.307. The molecule has 6 nitrogen and oxygen atoms in total. The summed E-state index contributed by atoms with van der Waals surface area (Å²) in [6.45, 7) is 7.52. The SMILES string of the molecule is CC1(C)CC(=O)C2=C(C1)OC1=C(C(=O)CC(C)(C)C1)C2c1ccccc1OCC(=O)[O-]. The van der Waals surface area contributed by atoms with Crippen LogP contribution >= 0.6 is 0 Å². The highest BCUT2D eigenvalue weighted by Gasteiger charge is 2.48. The molecule has 1 heterocycles. The molecular weight excluding hydrogens is 396 g/mol. The summed E-state index contributed by atoms with van der Waals surface area (Å²) >= 11 is 0. The molecule has 2 aliphatic carbocycles. The number of carboxylic acids is 1. The van der Waals surface area contributed by atoms with Crippen molar-refractivity contribution in [3.8, 4) is 5.75 Å². The third-order valence-electron chi connectivity index (χ3n) is 6.16. The average Bonchev–Trinajstić information content (AvgIpc) is 2.62. The molecule has 0 spiro atoms. The molecule has 0 saturated carbocycles. The Labute approximate surface area is 181 Å². The molecule has 1 aliphatic heterocycles. The fraction of sp³-hybridized carbons (Fsp3) is 0.480. The predicted octanol–water partition coefficient (Wildman–Crippen LogP) is 3.22. The first kappa shape index (κ1) is 21.3. The third-order valence-corrected chi connectivity index (χ3v) is 6.16. The minimum absolute atomic E-state index is 0.0462. The van der Waals surface area contributed by atoms with Crippen LogP contribution in [-0.4, -0.2) is 24.1 Å². The van der Waals surface area contributed by atoms with Crippen LogP contribution in [0.5, 0.6) is 5.75 Å². The summed E-state index contributed by atoms with van der Waals surface area (Å²) in [7, 11) is 0. The van der Waals surface area contributed by atoms with Gasteiger partial charge in [0.25, 0.3) is 0 Å². The van der Waals surface area contributed by atoms with Crippen molar-refractivity contribution in [1.82, 2.24) is 0 Å². The van der Waals surface area contributed by atoms with Crippen molar-refractivity contribution in [2.24, 2.45) is 10.8 Å². The van der Waals surface area contributed by atoms with Gasteiger partial charge in [0.15, 0.2) is 11.6 Å². The van der Waals surface area contributed by atoms with E-state index in [2.05, 4.69) is 0 Å². The van der Waals surface area contributed by atoms with E-state index in [-0.39, 0.29) is 22.4 Å². The van der Waals surface area contributed by atoms with E-state index in [1.807, 2.05) is 27.7 Å². The number of allylic oxidation sites excluding steroid dienone is 4. The quantitative estimate of drug-likeness (QED) is 0.738. The molecule has 4 rings (SSSR count). The van der Waals surface area contributed by atoms with Crippen LogP contribution in [0.15, 0.2) is 46.9 Å². The van der Waals surface area contributed by atoms with Gasteiger partial charge in [-0.3, -0.25) is 9.59 Å². The smallest absolute Gasteiger partial charge is 0.163 e. The molecule has 0 saturated heterocycles. The lowest BCUT2D eigenvalue weighted by Crippen LogP contribution is -2.37. The second-order valence-corrected chi connectivity index (χ2v) is 10.3. The third kappa shape index (κ3) is 4.03. The topological polar surface area (TPSA) is 92.7 Å². The maximum Gasteiger partial charge on any atom is 0.163 e. The van der Waals surface area contributed by atoms with Gasteiger partial charge in [-0.2, -0.15) is 0 Å². The Kier molecular flexibility index (Phi) is 5.07. The van der Waals surface area contributed by atoms with Crippen LogP contribution in [0.2, 0.25) is 0 Å². The number of carbonyl (C=O) groups excluding carboxylic acids is 3. The molecule has 0 radical (unpaired) electrons. The first-order valence-corrected chi connectivity index (χ1v) is 10.6. The summed E-state index contributed by atoms with van der Waals surface area (Å²) in [4.78, 5) is 37.6. The second-order valence-electron chi connectivity index (χ2n) is 10.3. The van der Waals surface area contributed by atoms with Gasteiger partial charge in [-0.05, 0) is 16.9 Å². The molecule has 1 aromatic rings. The fourth-order valence-electron chi connectivity index (χ4n) is 4.97. The number of hydrogen-bond acceptors (Lipinski definition) is 6. The lowest BCUT2D eigenvalue weighted by Gasteiger charge is -2.43. The molecule has 1 aromatic carbocycles. The number of carboxylic acid groups (broad SMARTS) is 1. The normalized spacial score (nSPS) is 22.6. The van der Waals surface area contributed by atoms with Gasteiger partial charge in [-0.15, -0.1) is 0 Å². The molecule has 6 heteroatoms. The number of rotatable bonds is 4. The zero-order valence-electron chi connectivity index (χ0n) is 18.4. The predicted molar refractivity (Wildman–Crippen MR) is 111 cm³/mol. The molecule has 0 amide bonds. The maximum atomic E-state index is 13.3. The Morgan fingerprint density at radius 2 is 1.48 bits per heavy atom. The largest absolute Gasteiger partial charge is 0.546 e. The minimum atomic E-state index is -1.34. The van der Waals surface area contributed by atoms with Gasteiger partial charge in [0.1, 0.15) is 23.9 Å². The number of benzene rings is 1. The molecule has 0 atom stereocenters. The average molecular weight is 423 g/mol. The van der Waals surface area contributed by atoms with E-state index in [1.165, 1.54) is 0 Å². The van der Waals surface area contributed by atoms with Gasteiger partial charge in [0, 0.05) is 42.4 Å². The lowest BCUT2D eigenvalue weighted by atomic mass is 9.65. The van der Waals surface area contributed by atoms with Crippen molar-refractivity contribution in [2.45, 2.75) is 59.3 Å². The Morgan fingerprint density at radius 1 is 0.968 bits per heavy atom. The Hall–Kier alpha value is -2.89. The molecule has 0 bridgehead atoms. The first-order chi connectivity index (χ1) is 14.5. The maximum absolute atomic E-state index is 13.3. The molecule has 164 valence electrons. The van der Waals surface area contributed by atoms with Crippen molar-refractivity contribution < 1.29 is 29.0 Å². The Balaban J connectivity index is 1.90. The Bertz CT molecular complexity index is 988. The monoisotopic (exact) mass is 423 g/mol. The van der Waals surface area contributed by atoms with Crippen LogP contribution in [0.25, 0.3) is 0 Å². The number of carbonyl (C=O) groups is 3. The van der Waals surface area contributed by atoms with E-state index in [0.29, 0.717) is 59.7 Å². The molecule has 0 unspecified atom stereocenters. The van der Waals surface area contributed by atoms with Gasteiger partial charge in [-0.1, -0.05) is 45.9 Å². The van der Waals surface area contributed by atoms with Crippen molar-refractivity contribution >= 4 is 17.5 Å². The molecule has 0 aromatic heterocycles. The van der Waals surface area contributed by atoms with E-state index in [4.69, 9.17) is 9.47 Å². The summed E-state index contributed by atoms with van der Waals surface area (Å²) in [5, 5.41) is 11.0. The zero-order chi connectivity index (χ0) is 22.6. The van der Waals surface area contributed by atoms with Gasteiger partial charge in [0.2, 0.25) is 0 Å². The van der Waals surface area contributed by atoms with Crippen molar-refractivity contribution in [1.29, 1.82) is 0 Å². The second kappa shape index (κ2) is 7.36. The minimum Gasteiger partial charge on any atom is -0.546 e. The summed E-state index contributed by atoms with van der Waals surface area (Å²) in [6.07, 6.45) is 1.90.